The van der Waals surface area contributed by atoms with Gasteiger partial charge in [-0.15, -0.1) is 0 Å². The maximum atomic E-state index is 3.31. The lowest BCUT2D eigenvalue weighted by Crippen LogP contribution is -2.11. The fraction of sp³-hybridized carbons (Fsp3) is 0.250. The van der Waals surface area contributed by atoms with Gasteiger partial charge in [0, 0.05) is 17.4 Å². The summed E-state index contributed by atoms with van der Waals surface area (Å²) >= 11 is 0. The summed E-state index contributed by atoms with van der Waals surface area (Å²) in [6.07, 6.45) is 2.01. The smallest absolute Gasteiger partial charge is 0.190 e. The summed E-state index contributed by atoms with van der Waals surface area (Å²) in [7, 11) is 0. The van der Waals surface area contributed by atoms with Crippen LogP contribution in [0, 0.1) is 0 Å². The van der Waals surface area contributed by atoms with Crippen LogP contribution in [-0.4, -0.2) is 0 Å². The Balaban J connectivity index is 2.76. The topological polar surface area (TPSA) is 14.1 Å². The highest BCUT2D eigenvalue weighted by Crippen LogP contribution is 2.20. The third-order valence-electron chi connectivity index (χ3n) is 2.33. The zero-order chi connectivity index (χ0) is 9.26. The van der Waals surface area contributed by atoms with E-state index in [-0.39, 0.29) is 0 Å². The van der Waals surface area contributed by atoms with Gasteiger partial charge in [-0.1, -0.05) is 32.0 Å². The molecule has 0 aliphatic rings. The molecule has 0 atom stereocenters. The Morgan fingerprint density at radius 1 is 1.08 bits per heavy atom. The van der Waals surface area contributed by atoms with E-state index in [1.54, 1.807) is 0 Å². The fourth-order valence-corrected chi connectivity index (χ4v) is 1.66. The molecule has 0 unspecified atom stereocenters. The molecule has 2 rings (SSSR count). The van der Waals surface area contributed by atoms with Crippen molar-refractivity contribution in [2.45, 2.75) is 19.8 Å². The van der Waals surface area contributed by atoms with Gasteiger partial charge in [0.05, 0.1) is 0 Å². The Bertz CT molecular complexity index is 413. The van der Waals surface area contributed by atoms with Crippen molar-refractivity contribution in [2.75, 3.05) is 0 Å². The monoisotopic (exact) mass is 172 g/mol. The van der Waals surface area contributed by atoms with Crippen LogP contribution in [0.4, 0.5) is 0 Å². The lowest BCUT2D eigenvalue weighted by molar-refractivity contribution is -0.389. The van der Waals surface area contributed by atoms with Crippen LogP contribution in [0.1, 0.15) is 25.5 Å². The molecular formula is C12H14N+. The van der Waals surface area contributed by atoms with E-state index in [4.69, 9.17) is 0 Å². The van der Waals surface area contributed by atoms with Gasteiger partial charge in [-0.25, -0.2) is 4.98 Å². The molecule has 0 radical (unpaired) electrons. The summed E-state index contributed by atoms with van der Waals surface area (Å²) in [5.41, 5.74) is 1.32. The van der Waals surface area contributed by atoms with Crippen LogP contribution in [0.3, 0.4) is 0 Å². The molecule has 1 heteroatoms. The molecule has 0 saturated carbocycles. The minimum Gasteiger partial charge on any atom is -0.214 e. The fourth-order valence-electron chi connectivity index (χ4n) is 1.66. The Labute approximate surface area is 78.4 Å². The van der Waals surface area contributed by atoms with E-state index in [0.29, 0.717) is 5.92 Å². The molecular weight excluding hydrogens is 158 g/mol. The van der Waals surface area contributed by atoms with Crippen molar-refractivity contribution in [1.29, 1.82) is 0 Å². The summed E-state index contributed by atoms with van der Waals surface area (Å²) in [6, 6.07) is 10.6. The molecule has 1 heterocycles. The van der Waals surface area contributed by atoms with Crippen LogP contribution >= 0.6 is 0 Å². The number of H-pyrrole nitrogens is 1. The van der Waals surface area contributed by atoms with Gasteiger partial charge >= 0.3 is 0 Å². The van der Waals surface area contributed by atoms with Crippen LogP contribution in [0.2, 0.25) is 0 Å². The van der Waals surface area contributed by atoms with Crippen LogP contribution in [0.15, 0.2) is 36.5 Å². The number of aromatic amines is 1. The van der Waals surface area contributed by atoms with E-state index in [2.05, 4.69) is 49.2 Å². The number of fused-ring (bicyclic) bond motifs is 1. The molecule has 1 aromatic heterocycles. The summed E-state index contributed by atoms with van der Waals surface area (Å²) in [4.78, 5) is 3.31. The number of hydrogen-bond donors (Lipinski definition) is 0. The molecule has 66 valence electrons. The molecule has 1 N–H and O–H groups in total. The van der Waals surface area contributed by atoms with Gasteiger partial charge in [0.15, 0.2) is 11.9 Å². The van der Waals surface area contributed by atoms with Crippen molar-refractivity contribution in [1.82, 2.24) is 0 Å². The quantitative estimate of drug-likeness (QED) is 0.628. The van der Waals surface area contributed by atoms with Crippen molar-refractivity contribution in [3.05, 3.63) is 42.2 Å². The van der Waals surface area contributed by atoms with E-state index >= 15 is 0 Å². The Morgan fingerprint density at radius 2 is 1.85 bits per heavy atom. The first-order chi connectivity index (χ1) is 6.29. The van der Waals surface area contributed by atoms with Gasteiger partial charge < -0.3 is 0 Å². The SMILES string of the molecule is CC(C)c1[nH+]ccc2ccccc12. The second-order valence-electron chi connectivity index (χ2n) is 3.63. The van der Waals surface area contributed by atoms with Crippen molar-refractivity contribution >= 4 is 10.8 Å². The molecule has 0 bridgehead atoms. The third-order valence-corrected chi connectivity index (χ3v) is 2.33. The Hall–Kier alpha value is -1.37. The zero-order valence-electron chi connectivity index (χ0n) is 8.04. The highest BCUT2D eigenvalue weighted by atomic mass is 14.7. The third kappa shape index (κ3) is 1.42. The second kappa shape index (κ2) is 3.17. The standard InChI is InChI=1S/C12H13N/c1-9(2)12-11-6-4-3-5-10(11)7-8-13-12/h3-9H,1-2H3/p+1. The highest BCUT2D eigenvalue weighted by molar-refractivity contribution is 5.83. The number of hydrogen-bond acceptors (Lipinski definition) is 0. The minimum absolute atomic E-state index is 0.547. The molecule has 2 aromatic rings. The number of benzene rings is 1. The van der Waals surface area contributed by atoms with Gasteiger partial charge in [-0.2, -0.15) is 0 Å². The van der Waals surface area contributed by atoms with Crippen LogP contribution in [-0.2, 0) is 0 Å². The summed E-state index contributed by atoms with van der Waals surface area (Å²) in [6.45, 7) is 4.41. The maximum absolute atomic E-state index is 3.31. The molecule has 0 aliphatic heterocycles. The molecule has 0 spiro atoms. The summed E-state index contributed by atoms with van der Waals surface area (Å²) < 4.78 is 0. The van der Waals surface area contributed by atoms with Crippen molar-refractivity contribution in [3.8, 4) is 0 Å². The predicted octanol–water partition coefficient (Wildman–Crippen LogP) is 2.78. The second-order valence-corrected chi connectivity index (χ2v) is 3.63. The van der Waals surface area contributed by atoms with Gasteiger partial charge in [0.25, 0.3) is 0 Å². The summed E-state index contributed by atoms with van der Waals surface area (Å²) in [5, 5.41) is 2.64. The molecule has 1 aromatic carbocycles. The van der Waals surface area contributed by atoms with Crippen molar-refractivity contribution in [2.24, 2.45) is 0 Å². The van der Waals surface area contributed by atoms with E-state index in [1.807, 2.05) is 6.20 Å². The van der Waals surface area contributed by atoms with Gasteiger partial charge in [-0.3, -0.25) is 0 Å². The normalized spacial score (nSPS) is 11.0. The van der Waals surface area contributed by atoms with E-state index in [9.17, 15) is 0 Å². The lowest BCUT2D eigenvalue weighted by atomic mass is 10.0. The Kier molecular flexibility index (Phi) is 2.01. The van der Waals surface area contributed by atoms with E-state index in [1.165, 1.54) is 16.5 Å². The molecule has 0 saturated heterocycles. The first-order valence-electron chi connectivity index (χ1n) is 4.68. The first kappa shape index (κ1) is 8.24. The van der Waals surface area contributed by atoms with E-state index < -0.39 is 0 Å². The molecule has 0 fully saturated rings. The number of aromatic nitrogens is 1. The molecule has 1 nitrogen and oxygen atoms in total. The zero-order valence-corrected chi connectivity index (χ0v) is 8.04. The van der Waals surface area contributed by atoms with Gasteiger partial charge in [0.1, 0.15) is 0 Å². The average molecular weight is 172 g/mol. The van der Waals surface area contributed by atoms with Crippen molar-refractivity contribution in [3.63, 3.8) is 0 Å². The molecule has 13 heavy (non-hydrogen) atoms. The van der Waals surface area contributed by atoms with Crippen LogP contribution in [0.25, 0.3) is 10.8 Å². The summed E-state index contributed by atoms with van der Waals surface area (Å²) in [5.74, 6) is 0.547. The van der Waals surface area contributed by atoms with Gasteiger partial charge in [-0.05, 0) is 11.5 Å². The highest BCUT2D eigenvalue weighted by Gasteiger charge is 2.10. The van der Waals surface area contributed by atoms with Crippen molar-refractivity contribution < 1.29 is 4.98 Å². The average Bonchev–Trinajstić information content (AvgIpc) is 2.17. The number of rotatable bonds is 1. The Morgan fingerprint density at radius 3 is 2.62 bits per heavy atom. The molecule has 0 amide bonds. The largest absolute Gasteiger partial charge is 0.214 e. The van der Waals surface area contributed by atoms with Crippen LogP contribution in [0.5, 0.6) is 0 Å². The first-order valence-corrected chi connectivity index (χ1v) is 4.68. The van der Waals surface area contributed by atoms with Gasteiger partial charge in [0.2, 0.25) is 0 Å². The molecule has 0 aliphatic carbocycles. The lowest BCUT2D eigenvalue weighted by Gasteiger charge is -2.02. The maximum Gasteiger partial charge on any atom is 0.190 e. The number of nitrogens with one attached hydrogen (secondary N) is 1. The minimum atomic E-state index is 0.547. The number of pyridine rings is 1. The van der Waals surface area contributed by atoms with E-state index in [0.717, 1.165) is 0 Å². The predicted molar refractivity (Wildman–Crippen MR) is 54.6 cm³/mol. The van der Waals surface area contributed by atoms with Crippen LogP contribution < -0.4 is 4.98 Å².